The van der Waals surface area contributed by atoms with E-state index in [0.29, 0.717) is 11.8 Å². The number of halogens is 1. The van der Waals surface area contributed by atoms with Crippen LogP contribution in [-0.2, 0) is 0 Å². The molecule has 1 aromatic carbocycles. The lowest BCUT2D eigenvalue weighted by molar-refractivity contribution is 0.135. The van der Waals surface area contributed by atoms with E-state index in [9.17, 15) is 9.50 Å². The van der Waals surface area contributed by atoms with E-state index in [0.717, 1.165) is 24.9 Å². The lowest BCUT2D eigenvalue weighted by atomic mass is 9.73. The molecule has 0 radical (unpaired) electrons. The summed E-state index contributed by atoms with van der Waals surface area (Å²) in [5, 5.41) is 13.3. The van der Waals surface area contributed by atoms with Gasteiger partial charge in [0.15, 0.2) is 0 Å². The summed E-state index contributed by atoms with van der Waals surface area (Å²) in [7, 11) is 0. The molecule has 2 atom stereocenters. The van der Waals surface area contributed by atoms with Gasteiger partial charge in [-0.15, -0.1) is 0 Å². The normalized spacial score (nSPS) is 26.8. The average Bonchev–Trinajstić information content (AvgIpc) is 2.41. The van der Waals surface area contributed by atoms with Crippen molar-refractivity contribution in [1.29, 1.82) is 0 Å². The van der Waals surface area contributed by atoms with Crippen LogP contribution in [0.25, 0.3) is 0 Å². The van der Waals surface area contributed by atoms with Gasteiger partial charge in [0.2, 0.25) is 0 Å². The van der Waals surface area contributed by atoms with E-state index in [1.165, 1.54) is 25.0 Å². The highest BCUT2D eigenvalue weighted by Gasteiger charge is 2.35. The van der Waals surface area contributed by atoms with Crippen LogP contribution in [0.2, 0.25) is 0 Å². The maximum Gasteiger partial charge on any atom is 0.123 e. The lowest BCUT2D eigenvalue weighted by Gasteiger charge is -2.41. The Balaban J connectivity index is 2.06. The molecule has 3 heteroatoms. The molecule has 0 amide bonds. The smallest absolute Gasteiger partial charge is 0.123 e. The van der Waals surface area contributed by atoms with E-state index in [4.69, 9.17) is 0 Å². The summed E-state index contributed by atoms with van der Waals surface area (Å²) < 4.78 is 13.0. The molecule has 0 spiro atoms. The van der Waals surface area contributed by atoms with Gasteiger partial charge >= 0.3 is 0 Å². The zero-order valence-electron chi connectivity index (χ0n) is 12.5. The minimum absolute atomic E-state index is 0.138. The van der Waals surface area contributed by atoms with Crippen molar-refractivity contribution in [1.82, 2.24) is 0 Å². The van der Waals surface area contributed by atoms with E-state index in [1.54, 1.807) is 12.1 Å². The third-order valence-electron chi connectivity index (χ3n) is 4.31. The Morgan fingerprint density at radius 3 is 2.65 bits per heavy atom. The first-order valence-corrected chi connectivity index (χ1v) is 7.67. The minimum Gasteiger partial charge on any atom is -0.394 e. The van der Waals surface area contributed by atoms with Gasteiger partial charge in [0, 0.05) is 5.69 Å². The van der Waals surface area contributed by atoms with E-state index >= 15 is 0 Å². The van der Waals surface area contributed by atoms with Gasteiger partial charge in [0.05, 0.1) is 12.1 Å². The molecule has 1 aliphatic rings. The predicted molar refractivity (Wildman–Crippen MR) is 81.3 cm³/mol. The molecule has 0 aromatic heterocycles. The second kappa shape index (κ2) is 6.57. The Morgan fingerprint density at radius 1 is 1.35 bits per heavy atom. The minimum atomic E-state index is -0.240. The van der Waals surface area contributed by atoms with Gasteiger partial charge in [0.1, 0.15) is 5.82 Å². The molecule has 2 N–H and O–H groups in total. The molecule has 0 bridgehead atoms. The van der Waals surface area contributed by atoms with Gasteiger partial charge in [-0.2, -0.15) is 0 Å². The van der Waals surface area contributed by atoms with Crippen LogP contribution in [-0.4, -0.2) is 17.3 Å². The third-order valence-corrected chi connectivity index (χ3v) is 4.31. The number of benzene rings is 1. The van der Waals surface area contributed by atoms with E-state index < -0.39 is 0 Å². The van der Waals surface area contributed by atoms with Crippen LogP contribution in [0, 0.1) is 17.7 Å². The van der Waals surface area contributed by atoms with Crippen molar-refractivity contribution in [2.75, 3.05) is 11.9 Å². The highest BCUT2D eigenvalue weighted by molar-refractivity contribution is 5.45. The number of nitrogens with one attached hydrogen (secondary N) is 1. The van der Waals surface area contributed by atoms with Crippen LogP contribution in [0.15, 0.2) is 24.3 Å². The Bertz CT molecular complexity index is 418. The quantitative estimate of drug-likeness (QED) is 0.846. The maximum atomic E-state index is 13.0. The fourth-order valence-corrected chi connectivity index (χ4v) is 3.49. The topological polar surface area (TPSA) is 32.3 Å². The van der Waals surface area contributed by atoms with Crippen molar-refractivity contribution >= 4 is 5.69 Å². The SMILES string of the molecule is CC(C)CC1CCCC(CO)(Nc2ccc(F)cc2)C1. The number of aliphatic hydroxyl groups excluding tert-OH is 1. The third kappa shape index (κ3) is 3.95. The van der Waals surface area contributed by atoms with Crippen LogP contribution in [0.3, 0.4) is 0 Å². The second-order valence-electron chi connectivity index (χ2n) is 6.66. The molecule has 112 valence electrons. The van der Waals surface area contributed by atoms with E-state index in [-0.39, 0.29) is 18.0 Å². The molecule has 0 heterocycles. The Kier molecular flexibility index (Phi) is 5.03. The number of hydrogen-bond donors (Lipinski definition) is 2. The molecule has 1 saturated carbocycles. The van der Waals surface area contributed by atoms with Gasteiger partial charge in [0.25, 0.3) is 0 Å². The zero-order valence-corrected chi connectivity index (χ0v) is 12.5. The summed E-state index contributed by atoms with van der Waals surface area (Å²) >= 11 is 0. The van der Waals surface area contributed by atoms with Crippen LogP contribution >= 0.6 is 0 Å². The Hall–Kier alpha value is -1.09. The molecular formula is C17H26FNO. The standard InChI is InChI=1S/C17H26FNO/c1-13(2)10-14-4-3-9-17(11-14,12-20)19-16-7-5-15(18)6-8-16/h5-8,13-14,19-20H,3-4,9-12H2,1-2H3. The fraction of sp³-hybridized carbons (Fsp3) is 0.647. The van der Waals surface area contributed by atoms with Crippen molar-refractivity contribution in [3.8, 4) is 0 Å². The first-order valence-electron chi connectivity index (χ1n) is 7.67. The maximum absolute atomic E-state index is 13.0. The first kappa shape index (κ1) is 15.3. The van der Waals surface area contributed by atoms with Crippen LogP contribution in [0.1, 0.15) is 46.0 Å². The first-order chi connectivity index (χ1) is 9.53. The second-order valence-corrected chi connectivity index (χ2v) is 6.66. The van der Waals surface area contributed by atoms with Crippen molar-refractivity contribution in [3.63, 3.8) is 0 Å². The number of hydrogen-bond acceptors (Lipinski definition) is 2. The van der Waals surface area contributed by atoms with Crippen molar-refractivity contribution in [3.05, 3.63) is 30.1 Å². The predicted octanol–water partition coefficient (Wildman–Crippen LogP) is 4.21. The van der Waals surface area contributed by atoms with Crippen molar-refractivity contribution in [2.24, 2.45) is 11.8 Å². The summed E-state index contributed by atoms with van der Waals surface area (Å²) in [5.41, 5.74) is 0.654. The highest BCUT2D eigenvalue weighted by atomic mass is 19.1. The van der Waals surface area contributed by atoms with Crippen LogP contribution < -0.4 is 5.32 Å². The molecule has 0 aliphatic heterocycles. The summed E-state index contributed by atoms with van der Waals surface area (Å²) in [6.45, 7) is 4.64. The number of aliphatic hydroxyl groups is 1. The average molecular weight is 279 g/mol. The molecule has 2 rings (SSSR count). The van der Waals surface area contributed by atoms with Gasteiger partial charge in [-0.25, -0.2) is 4.39 Å². The monoisotopic (exact) mass is 279 g/mol. The molecular weight excluding hydrogens is 253 g/mol. The molecule has 1 aliphatic carbocycles. The molecule has 2 unspecified atom stereocenters. The highest BCUT2D eigenvalue weighted by Crippen LogP contribution is 2.37. The summed E-state index contributed by atoms with van der Waals surface area (Å²) in [4.78, 5) is 0. The fourth-order valence-electron chi connectivity index (χ4n) is 3.49. The molecule has 1 aromatic rings. The Labute approximate surface area is 121 Å². The van der Waals surface area contributed by atoms with E-state index in [1.807, 2.05) is 0 Å². The van der Waals surface area contributed by atoms with Crippen molar-refractivity contribution < 1.29 is 9.50 Å². The van der Waals surface area contributed by atoms with Crippen LogP contribution in [0.5, 0.6) is 0 Å². The van der Waals surface area contributed by atoms with Gasteiger partial charge in [-0.05, 0) is 55.4 Å². The molecule has 1 fully saturated rings. The molecule has 0 saturated heterocycles. The van der Waals surface area contributed by atoms with Gasteiger partial charge in [-0.1, -0.05) is 26.7 Å². The lowest BCUT2D eigenvalue weighted by Crippen LogP contribution is -2.46. The molecule has 20 heavy (non-hydrogen) atoms. The zero-order chi connectivity index (χ0) is 14.6. The number of anilines is 1. The summed E-state index contributed by atoms with van der Waals surface area (Å²) in [6.07, 6.45) is 5.60. The number of rotatable bonds is 5. The van der Waals surface area contributed by atoms with Crippen LogP contribution in [0.4, 0.5) is 10.1 Å². The van der Waals surface area contributed by atoms with Crippen molar-refractivity contribution in [2.45, 2.75) is 51.5 Å². The summed E-state index contributed by atoms with van der Waals surface area (Å²) in [6, 6.07) is 6.42. The molecule has 2 nitrogen and oxygen atoms in total. The Morgan fingerprint density at radius 2 is 2.05 bits per heavy atom. The van der Waals surface area contributed by atoms with Gasteiger partial charge < -0.3 is 10.4 Å². The van der Waals surface area contributed by atoms with E-state index in [2.05, 4.69) is 19.2 Å². The van der Waals surface area contributed by atoms with Gasteiger partial charge in [-0.3, -0.25) is 0 Å². The largest absolute Gasteiger partial charge is 0.394 e. The summed E-state index contributed by atoms with van der Waals surface area (Å²) in [5.74, 6) is 1.14.